The van der Waals surface area contributed by atoms with Crippen molar-refractivity contribution in [1.82, 2.24) is 0 Å². The molecule has 0 aromatic heterocycles. The fourth-order valence-corrected chi connectivity index (χ4v) is 3.23. The highest BCUT2D eigenvalue weighted by Gasteiger charge is 2.23. The van der Waals surface area contributed by atoms with Crippen LogP contribution in [0.25, 0.3) is 0 Å². The van der Waals surface area contributed by atoms with Gasteiger partial charge in [-0.25, -0.2) is 8.78 Å². The SMILES string of the molecule is COCc1ccccc1NC(N)=NCC1CCN(c2ccc(F)c(F)c2)C1. The van der Waals surface area contributed by atoms with E-state index in [0.717, 1.165) is 36.8 Å². The van der Waals surface area contributed by atoms with Crippen molar-refractivity contribution < 1.29 is 13.5 Å². The van der Waals surface area contributed by atoms with E-state index in [9.17, 15) is 8.78 Å². The summed E-state index contributed by atoms with van der Waals surface area (Å²) in [5, 5.41) is 3.12. The summed E-state index contributed by atoms with van der Waals surface area (Å²) in [7, 11) is 1.65. The van der Waals surface area contributed by atoms with Gasteiger partial charge in [0.25, 0.3) is 0 Å². The normalized spacial score (nSPS) is 17.4. The van der Waals surface area contributed by atoms with Gasteiger partial charge >= 0.3 is 0 Å². The number of hydrogen-bond donors (Lipinski definition) is 2. The zero-order valence-corrected chi connectivity index (χ0v) is 15.3. The van der Waals surface area contributed by atoms with Crippen molar-refractivity contribution in [1.29, 1.82) is 0 Å². The number of halogens is 2. The summed E-state index contributed by atoms with van der Waals surface area (Å²) in [4.78, 5) is 6.49. The first-order chi connectivity index (χ1) is 13.1. The van der Waals surface area contributed by atoms with Crippen LogP contribution in [0.15, 0.2) is 47.5 Å². The number of aliphatic imine (C=N–C) groups is 1. The third-order valence-corrected chi connectivity index (χ3v) is 4.65. The molecule has 0 radical (unpaired) electrons. The van der Waals surface area contributed by atoms with Crippen LogP contribution in [-0.4, -0.2) is 32.7 Å². The second kappa shape index (κ2) is 8.81. The van der Waals surface area contributed by atoms with Crippen molar-refractivity contribution in [3.63, 3.8) is 0 Å². The topological polar surface area (TPSA) is 62.9 Å². The van der Waals surface area contributed by atoms with E-state index < -0.39 is 11.6 Å². The summed E-state index contributed by atoms with van der Waals surface area (Å²) in [6.07, 6.45) is 0.927. The van der Waals surface area contributed by atoms with Gasteiger partial charge in [-0.15, -0.1) is 0 Å². The molecule has 0 amide bonds. The van der Waals surface area contributed by atoms with Crippen LogP contribution in [-0.2, 0) is 11.3 Å². The first-order valence-electron chi connectivity index (χ1n) is 8.90. The Morgan fingerprint density at radius 2 is 2.07 bits per heavy atom. The van der Waals surface area contributed by atoms with Gasteiger partial charge in [0, 0.05) is 49.7 Å². The minimum absolute atomic E-state index is 0.313. The van der Waals surface area contributed by atoms with Crippen molar-refractivity contribution in [2.24, 2.45) is 16.6 Å². The highest BCUT2D eigenvalue weighted by molar-refractivity contribution is 5.92. The molecule has 1 saturated heterocycles. The van der Waals surface area contributed by atoms with E-state index in [1.54, 1.807) is 13.2 Å². The summed E-state index contributed by atoms with van der Waals surface area (Å²) >= 11 is 0. The number of nitrogens with zero attached hydrogens (tertiary/aromatic N) is 2. The Labute approximate surface area is 157 Å². The molecule has 0 spiro atoms. The van der Waals surface area contributed by atoms with E-state index in [1.165, 1.54) is 6.07 Å². The van der Waals surface area contributed by atoms with Gasteiger partial charge in [0.05, 0.1) is 6.61 Å². The molecule has 5 nitrogen and oxygen atoms in total. The number of ether oxygens (including phenoxy) is 1. The summed E-state index contributed by atoms with van der Waals surface area (Å²) in [5.41, 5.74) is 8.59. The quantitative estimate of drug-likeness (QED) is 0.601. The number of para-hydroxylation sites is 1. The Kier molecular flexibility index (Phi) is 6.24. The molecule has 1 aliphatic heterocycles. The number of methoxy groups -OCH3 is 1. The molecule has 3 rings (SSSR count). The molecule has 0 bridgehead atoms. The first-order valence-corrected chi connectivity index (χ1v) is 8.90. The molecule has 1 aliphatic rings. The van der Waals surface area contributed by atoms with Gasteiger partial charge in [0.15, 0.2) is 17.6 Å². The van der Waals surface area contributed by atoms with Gasteiger partial charge in [0.1, 0.15) is 0 Å². The fourth-order valence-electron chi connectivity index (χ4n) is 3.23. The lowest BCUT2D eigenvalue weighted by Crippen LogP contribution is -2.25. The molecule has 1 heterocycles. The van der Waals surface area contributed by atoms with Gasteiger partial charge in [0.2, 0.25) is 0 Å². The molecule has 2 aromatic rings. The van der Waals surface area contributed by atoms with Crippen molar-refractivity contribution in [2.75, 3.05) is 37.0 Å². The van der Waals surface area contributed by atoms with Gasteiger partial charge in [-0.3, -0.25) is 4.99 Å². The average molecular weight is 374 g/mol. The van der Waals surface area contributed by atoms with Crippen molar-refractivity contribution in [2.45, 2.75) is 13.0 Å². The van der Waals surface area contributed by atoms with E-state index in [4.69, 9.17) is 10.5 Å². The van der Waals surface area contributed by atoms with E-state index >= 15 is 0 Å². The molecule has 2 aromatic carbocycles. The molecule has 3 N–H and O–H groups in total. The van der Waals surface area contributed by atoms with Crippen molar-refractivity contribution in [3.8, 4) is 0 Å². The van der Waals surface area contributed by atoms with Crippen LogP contribution in [0.3, 0.4) is 0 Å². The Morgan fingerprint density at radius 1 is 1.26 bits per heavy atom. The third kappa shape index (κ3) is 4.95. The molecular formula is C20H24F2N4O. The number of nitrogens with one attached hydrogen (secondary N) is 1. The van der Waals surface area contributed by atoms with Gasteiger partial charge in [-0.05, 0) is 30.5 Å². The monoisotopic (exact) mass is 374 g/mol. The molecule has 1 fully saturated rings. The van der Waals surface area contributed by atoms with Crippen LogP contribution in [0, 0.1) is 17.6 Å². The molecular weight excluding hydrogens is 350 g/mol. The van der Waals surface area contributed by atoms with Crippen molar-refractivity contribution >= 4 is 17.3 Å². The van der Waals surface area contributed by atoms with Crippen LogP contribution < -0.4 is 16.0 Å². The number of benzene rings is 2. The van der Waals surface area contributed by atoms with Gasteiger partial charge < -0.3 is 20.7 Å². The number of rotatable bonds is 6. The second-order valence-electron chi connectivity index (χ2n) is 6.64. The molecule has 7 heteroatoms. The van der Waals surface area contributed by atoms with Crippen LogP contribution in [0.5, 0.6) is 0 Å². The molecule has 0 saturated carbocycles. The predicted molar refractivity (Wildman–Crippen MR) is 104 cm³/mol. The van der Waals surface area contributed by atoms with E-state index in [1.807, 2.05) is 29.2 Å². The Bertz CT molecular complexity index is 812. The lowest BCUT2D eigenvalue weighted by atomic mass is 10.1. The lowest BCUT2D eigenvalue weighted by molar-refractivity contribution is 0.185. The molecule has 144 valence electrons. The summed E-state index contributed by atoms with van der Waals surface area (Å²) in [6.45, 7) is 2.59. The standard InChI is InChI=1S/C20H24F2N4O/c1-27-13-15-4-2-3-5-19(15)25-20(23)24-11-14-8-9-26(12-14)16-6-7-17(21)18(22)10-16/h2-7,10,14H,8-9,11-13H2,1H3,(H3,23,24,25). The Balaban J connectivity index is 1.56. The second-order valence-corrected chi connectivity index (χ2v) is 6.64. The summed E-state index contributed by atoms with van der Waals surface area (Å²) in [5.74, 6) is -0.985. The average Bonchev–Trinajstić information content (AvgIpc) is 3.13. The van der Waals surface area contributed by atoms with E-state index in [2.05, 4.69) is 10.3 Å². The zero-order valence-electron chi connectivity index (χ0n) is 15.3. The Morgan fingerprint density at radius 3 is 2.85 bits per heavy atom. The number of guanidine groups is 1. The highest BCUT2D eigenvalue weighted by Crippen LogP contribution is 2.25. The number of hydrogen-bond acceptors (Lipinski definition) is 3. The smallest absolute Gasteiger partial charge is 0.193 e. The van der Waals surface area contributed by atoms with Crippen LogP contribution in [0.4, 0.5) is 20.2 Å². The maximum Gasteiger partial charge on any atom is 0.193 e. The fraction of sp³-hybridized carbons (Fsp3) is 0.350. The highest BCUT2D eigenvalue weighted by atomic mass is 19.2. The minimum atomic E-state index is -0.827. The van der Waals surface area contributed by atoms with Crippen LogP contribution in [0.2, 0.25) is 0 Å². The number of anilines is 2. The first kappa shape index (κ1) is 19.1. The van der Waals surface area contributed by atoms with Crippen LogP contribution >= 0.6 is 0 Å². The summed E-state index contributed by atoms with van der Waals surface area (Å²) < 4.78 is 31.7. The minimum Gasteiger partial charge on any atom is -0.380 e. The predicted octanol–water partition coefficient (Wildman–Crippen LogP) is 3.36. The molecule has 0 aliphatic carbocycles. The summed E-state index contributed by atoms with van der Waals surface area (Å²) in [6, 6.07) is 11.8. The van der Waals surface area contributed by atoms with Crippen molar-refractivity contribution in [3.05, 3.63) is 59.7 Å². The van der Waals surface area contributed by atoms with Gasteiger partial charge in [-0.2, -0.15) is 0 Å². The molecule has 1 unspecified atom stereocenters. The maximum atomic E-state index is 13.4. The van der Waals surface area contributed by atoms with E-state index in [-0.39, 0.29) is 0 Å². The zero-order chi connectivity index (χ0) is 19.2. The third-order valence-electron chi connectivity index (χ3n) is 4.65. The van der Waals surface area contributed by atoms with E-state index in [0.29, 0.717) is 30.7 Å². The maximum absolute atomic E-state index is 13.4. The Hall–Kier alpha value is -2.67. The van der Waals surface area contributed by atoms with Crippen LogP contribution in [0.1, 0.15) is 12.0 Å². The van der Waals surface area contributed by atoms with Gasteiger partial charge in [-0.1, -0.05) is 18.2 Å². The lowest BCUT2D eigenvalue weighted by Gasteiger charge is -2.18. The largest absolute Gasteiger partial charge is 0.380 e. The molecule has 1 atom stereocenters. The molecule has 27 heavy (non-hydrogen) atoms. The number of nitrogens with two attached hydrogens (primary N) is 1.